The number of aliphatic carboxylic acids is 1. The number of esters is 2. The third-order valence-electron chi connectivity index (χ3n) is 17.8. The van der Waals surface area contributed by atoms with Gasteiger partial charge < -0.3 is 33.3 Å². The zero-order valence-corrected chi connectivity index (χ0v) is 63.0. The molecule has 0 saturated carbocycles. The van der Waals surface area contributed by atoms with Gasteiger partial charge in [0.1, 0.15) is 13.2 Å². The molecule has 0 heterocycles. The van der Waals surface area contributed by atoms with Crippen molar-refractivity contribution in [2.45, 2.75) is 386 Å². The number of carbonyl (C=O) groups excluding carboxylic acids is 3. The van der Waals surface area contributed by atoms with E-state index >= 15 is 0 Å². The molecular weight excluding hydrogens is 1170 g/mol. The first-order valence-electron chi connectivity index (χ1n) is 40.4. The van der Waals surface area contributed by atoms with Crippen LogP contribution in [0.25, 0.3) is 0 Å². The van der Waals surface area contributed by atoms with E-state index in [1.807, 2.05) is 21.1 Å². The van der Waals surface area contributed by atoms with E-state index in [-0.39, 0.29) is 32.2 Å². The van der Waals surface area contributed by atoms with Crippen molar-refractivity contribution in [2.24, 2.45) is 0 Å². The Morgan fingerprint density at radius 3 is 0.905 bits per heavy atom. The zero-order valence-electron chi connectivity index (χ0n) is 63.0. The SMILES string of the molecule is CC/C=C\C/C=C\C/C=C\C/C=C\C/C=C\C/C=C\C/C=C\CCCCCCCCCCCCCCCCCCCCCC(=O)OC(COC(=O)CCCCCCCCCCCCCCCCCCC/C=C\CCCCCCCCCC)COC(OCC[N+](C)(C)C)C(=O)[O-]. The average molecular weight is 1330 g/mol. The first-order chi connectivity index (χ1) is 46.6. The van der Waals surface area contributed by atoms with E-state index < -0.39 is 24.3 Å². The van der Waals surface area contributed by atoms with Crippen LogP contribution < -0.4 is 5.11 Å². The Hall–Kier alpha value is -3.79. The predicted octanol–water partition coefficient (Wildman–Crippen LogP) is 24.6. The fourth-order valence-corrected chi connectivity index (χ4v) is 11.7. The topological polar surface area (TPSA) is 111 Å². The number of hydrogen-bond acceptors (Lipinski definition) is 8. The van der Waals surface area contributed by atoms with Gasteiger partial charge >= 0.3 is 11.9 Å². The number of unbranched alkanes of at least 4 members (excludes halogenated alkanes) is 44. The molecule has 0 saturated heterocycles. The number of nitrogens with zero attached hydrogens (tertiary/aromatic N) is 1. The molecule has 0 aliphatic carbocycles. The van der Waals surface area contributed by atoms with Gasteiger partial charge in [0.05, 0.1) is 40.3 Å². The summed E-state index contributed by atoms with van der Waals surface area (Å²) < 4.78 is 22.9. The standard InChI is InChI=1S/C86H153NO8/c1-6-8-10-12-14-16-18-20-22-24-26-28-30-32-34-36-37-38-39-40-41-42-43-44-45-46-47-49-51-53-55-57-59-61-63-65-67-69-71-73-75-77-84(89)95-82(81-94-86(85(90)91)92-79-78-87(3,4)5)80-93-83(88)76-74-72-70-68-66-64-62-60-58-56-54-52-50-48-35-33-31-29-27-25-23-21-19-17-15-13-11-9-7-2/h8,10,14,16,20,22,25-28,32,34,37-38,40-41,82,86H,6-7,9,11-13,15,17-19,21,23-24,29-31,33,35-36,39,42-81H2,1-5H3/b10-8-,16-14-,22-20-,27-25-,28-26-,34-32-,38-37-,41-40-. The van der Waals surface area contributed by atoms with E-state index in [1.54, 1.807) is 0 Å². The van der Waals surface area contributed by atoms with Crippen LogP contribution in [0.5, 0.6) is 0 Å². The Balaban J connectivity index is 3.99. The largest absolute Gasteiger partial charge is 0.545 e. The molecule has 0 aromatic heterocycles. The van der Waals surface area contributed by atoms with Crippen LogP contribution in [-0.4, -0.2) is 82.3 Å². The van der Waals surface area contributed by atoms with Crippen molar-refractivity contribution in [3.63, 3.8) is 0 Å². The van der Waals surface area contributed by atoms with Crippen LogP contribution >= 0.6 is 0 Å². The van der Waals surface area contributed by atoms with Gasteiger partial charge in [0.25, 0.3) is 0 Å². The van der Waals surface area contributed by atoms with Crippen LogP contribution in [0.2, 0.25) is 0 Å². The lowest BCUT2D eigenvalue weighted by Gasteiger charge is -2.26. The summed E-state index contributed by atoms with van der Waals surface area (Å²) in [6.45, 7) is 4.69. The fourth-order valence-electron chi connectivity index (χ4n) is 11.7. The molecule has 0 N–H and O–H groups in total. The van der Waals surface area contributed by atoms with Gasteiger partial charge in [0, 0.05) is 12.8 Å². The number of ether oxygens (including phenoxy) is 4. The molecule has 550 valence electrons. The molecule has 2 unspecified atom stereocenters. The first kappa shape index (κ1) is 91.2. The number of likely N-dealkylation sites (N-methyl/N-ethyl adjacent to an activating group) is 1. The fraction of sp³-hybridized carbons (Fsp3) is 0.779. The molecule has 0 rings (SSSR count). The summed E-state index contributed by atoms with van der Waals surface area (Å²) >= 11 is 0. The summed E-state index contributed by atoms with van der Waals surface area (Å²) in [5, 5.41) is 11.9. The minimum Gasteiger partial charge on any atom is -0.545 e. The van der Waals surface area contributed by atoms with Crippen molar-refractivity contribution in [3.05, 3.63) is 97.2 Å². The van der Waals surface area contributed by atoms with E-state index in [4.69, 9.17) is 18.9 Å². The van der Waals surface area contributed by atoms with Gasteiger partial charge in [-0.15, -0.1) is 0 Å². The highest BCUT2D eigenvalue weighted by Gasteiger charge is 2.22. The molecule has 0 aromatic carbocycles. The molecule has 9 nitrogen and oxygen atoms in total. The molecular formula is C86H153NO8. The highest BCUT2D eigenvalue weighted by Crippen LogP contribution is 2.19. The summed E-state index contributed by atoms with van der Waals surface area (Å²) in [6, 6.07) is 0. The smallest absolute Gasteiger partial charge is 0.306 e. The number of carboxylic acid groups (broad SMARTS) is 1. The van der Waals surface area contributed by atoms with Gasteiger partial charge in [-0.05, 0) is 96.3 Å². The quantitative estimate of drug-likeness (QED) is 0.0195. The summed E-state index contributed by atoms with van der Waals surface area (Å²) in [7, 11) is 5.95. The van der Waals surface area contributed by atoms with Crippen molar-refractivity contribution in [3.8, 4) is 0 Å². The highest BCUT2D eigenvalue weighted by atomic mass is 16.7. The van der Waals surface area contributed by atoms with Gasteiger partial charge in [-0.3, -0.25) is 9.59 Å². The predicted molar refractivity (Wildman–Crippen MR) is 407 cm³/mol. The molecule has 95 heavy (non-hydrogen) atoms. The normalized spacial score (nSPS) is 13.1. The number of carbonyl (C=O) groups is 3. The molecule has 0 radical (unpaired) electrons. The van der Waals surface area contributed by atoms with E-state index in [0.29, 0.717) is 23.9 Å². The molecule has 0 spiro atoms. The average Bonchev–Trinajstić information content (AvgIpc) is 3.54. The number of quaternary nitrogens is 1. The maximum atomic E-state index is 13.0. The third kappa shape index (κ3) is 77.4. The van der Waals surface area contributed by atoms with Crippen molar-refractivity contribution in [2.75, 3.05) is 47.5 Å². The second-order valence-electron chi connectivity index (χ2n) is 28.3. The van der Waals surface area contributed by atoms with Crippen molar-refractivity contribution < 1.29 is 42.9 Å². The number of hydrogen-bond donors (Lipinski definition) is 0. The van der Waals surface area contributed by atoms with Gasteiger partial charge in [-0.25, -0.2) is 0 Å². The zero-order chi connectivity index (χ0) is 69.0. The molecule has 0 bridgehead atoms. The van der Waals surface area contributed by atoms with E-state index in [0.717, 1.165) is 77.0 Å². The Labute approximate surface area is 588 Å². The summed E-state index contributed by atoms with van der Waals surface area (Å²) in [5.74, 6) is -2.26. The molecule has 0 aliphatic heterocycles. The Bertz CT molecular complexity index is 1890. The van der Waals surface area contributed by atoms with Gasteiger partial charge in [0.15, 0.2) is 12.4 Å². The molecule has 0 amide bonds. The van der Waals surface area contributed by atoms with Crippen molar-refractivity contribution >= 4 is 17.9 Å². The summed E-state index contributed by atoms with van der Waals surface area (Å²) in [6.07, 6.45) is 102. The van der Waals surface area contributed by atoms with Crippen molar-refractivity contribution in [1.29, 1.82) is 0 Å². The molecule has 2 atom stereocenters. The Morgan fingerprint density at radius 1 is 0.326 bits per heavy atom. The second-order valence-corrected chi connectivity index (χ2v) is 28.3. The summed E-state index contributed by atoms with van der Waals surface area (Å²) in [4.78, 5) is 37.6. The van der Waals surface area contributed by atoms with E-state index in [9.17, 15) is 19.5 Å². The van der Waals surface area contributed by atoms with Crippen molar-refractivity contribution in [1.82, 2.24) is 0 Å². The highest BCUT2D eigenvalue weighted by molar-refractivity contribution is 5.70. The Morgan fingerprint density at radius 2 is 0.600 bits per heavy atom. The van der Waals surface area contributed by atoms with Crippen LogP contribution in [0, 0.1) is 0 Å². The molecule has 0 fully saturated rings. The lowest BCUT2D eigenvalue weighted by Crippen LogP contribution is -2.44. The molecule has 0 aromatic rings. The minimum absolute atomic E-state index is 0.148. The number of rotatable bonds is 75. The minimum atomic E-state index is -1.62. The van der Waals surface area contributed by atoms with Crippen LogP contribution in [0.15, 0.2) is 97.2 Å². The maximum Gasteiger partial charge on any atom is 0.306 e. The van der Waals surface area contributed by atoms with Gasteiger partial charge in [-0.2, -0.15) is 0 Å². The summed E-state index contributed by atoms with van der Waals surface area (Å²) in [5.41, 5.74) is 0. The third-order valence-corrected chi connectivity index (χ3v) is 17.8. The first-order valence-corrected chi connectivity index (χ1v) is 40.4. The molecule has 0 aliphatic rings. The Kier molecular flexibility index (Phi) is 72.9. The van der Waals surface area contributed by atoms with Crippen LogP contribution in [-0.2, 0) is 33.3 Å². The molecule has 9 heteroatoms. The van der Waals surface area contributed by atoms with E-state index in [2.05, 4.69) is 111 Å². The van der Waals surface area contributed by atoms with Crippen LogP contribution in [0.1, 0.15) is 373 Å². The lowest BCUT2D eigenvalue weighted by molar-refractivity contribution is -0.870. The monoisotopic (exact) mass is 1330 g/mol. The van der Waals surface area contributed by atoms with Crippen LogP contribution in [0.3, 0.4) is 0 Å². The van der Waals surface area contributed by atoms with Gasteiger partial charge in [-0.1, -0.05) is 361 Å². The van der Waals surface area contributed by atoms with E-state index in [1.165, 1.54) is 263 Å². The second kappa shape index (κ2) is 76.0. The maximum absolute atomic E-state index is 13.0. The number of carboxylic acids is 1. The van der Waals surface area contributed by atoms with Crippen LogP contribution in [0.4, 0.5) is 0 Å². The van der Waals surface area contributed by atoms with Gasteiger partial charge in [0.2, 0.25) is 0 Å². The number of allylic oxidation sites excluding steroid dienone is 16. The lowest BCUT2D eigenvalue weighted by atomic mass is 10.0.